The summed E-state index contributed by atoms with van der Waals surface area (Å²) in [5.74, 6) is -1.31. The van der Waals surface area contributed by atoms with E-state index in [2.05, 4.69) is 0 Å². The fourth-order valence-electron chi connectivity index (χ4n) is 3.74. The predicted molar refractivity (Wildman–Crippen MR) is 110 cm³/mol. The summed E-state index contributed by atoms with van der Waals surface area (Å²) < 4.78 is 5.44. The molecule has 2 aromatic carbocycles. The minimum absolute atomic E-state index is 0.0978. The summed E-state index contributed by atoms with van der Waals surface area (Å²) >= 11 is 0. The van der Waals surface area contributed by atoms with Crippen LogP contribution in [-0.4, -0.2) is 30.2 Å². The zero-order valence-corrected chi connectivity index (χ0v) is 16.9. The number of carbonyl (C=O) groups excluding carboxylic acids is 4. The van der Waals surface area contributed by atoms with E-state index in [4.69, 9.17) is 4.74 Å². The Morgan fingerprint density at radius 2 is 1.50 bits per heavy atom. The molecule has 2 aliphatic rings. The van der Waals surface area contributed by atoms with E-state index >= 15 is 0 Å². The minimum Gasteiger partial charge on any atom is -0.426 e. The molecule has 2 saturated heterocycles. The number of rotatable bonds is 4. The van der Waals surface area contributed by atoms with Gasteiger partial charge in [-0.3, -0.25) is 24.1 Å². The number of hydrogen-bond acceptors (Lipinski definition) is 5. The van der Waals surface area contributed by atoms with Crippen LogP contribution >= 0.6 is 0 Å². The third kappa shape index (κ3) is 3.70. The number of aryl methyl sites for hydroxylation is 2. The van der Waals surface area contributed by atoms with Crippen LogP contribution in [0.4, 0.5) is 11.4 Å². The molecule has 0 spiro atoms. The number of nitrogens with zero attached hydrogens (tertiary/aromatic N) is 2. The second-order valence-corrected chi connectivity index (χ2v) is 7.71. The Balaban J connectivity index is 1.42. The van der Waals surface area contributed by atoms with Crippen LogP contribution in [0.25, 0.3) is 0 Å². The van der Waals surface area contributed by atoms with Crippen LogP contribution in [0.1, 0.15) is 30.4 Å². The molecule has 0 aromatic heterocycles. The average molecular weight is 406 g/mol. The average Bonchev–Trinajstić information content (AvgIpc) is 3.27. The molecule has 0 radical (unpaired) electrons. The van der Waals surface area contributed by atoms with Crippen LogP contribution in [0.3, 0.4) is 0 Å². The molecule has 0 N–H and O–H groups in total. The van der Waals surface area contributed by atoms with Crippen LogP contribution in [0.15, 0.2) is 42.5 Å². The molecule has 1 atom stereocenters. The number of carbonyl (C=O) groups is 4. The molecule has 0 saturated carbocycles. The van der Waals surface area contributed by atoms with Crippen molar-refractivity contribution in [1.82, 2.24) is 0 Å². The lowest BCUT2D eigenvalue weighted by Crippen LogP contribution is -2.28. The third-order valence-electron chi connectivity index (χ3n) is 5.63. The summed E-state index contributed by atoms with van der Waals surface area (Å²) in [7, 11) is 0. The van der Waals surface area contributed by atoms with Gasteiger partial charge in [0.1, 0.15) is 5.75 Å². The summed E-state index contributed by atoms with van der Waals surface area (Å²) in [6.45, 7) is 4.26. The maximum Gasteiger partial charge on any atom is 0.316 e. The van der Waals surface area contributed by atoms with Gasteiger partial charge in [-0.15, -0.1) is 0 Å². The highest BCUT2D eigenvalue weighted by Crippen LogP contribution is 2.29. The van der Waals surface area contributed by atoms with Crippen LogP contribution in [-0.2, 0) is 19.2 Å². The van der Waals surface area contributed by atoms with Crippen molar-refractivity contribution in [1.29, 1.82) is 0 Å². The van der Waals surface area contributed by atoms with Gasteiger partial charge in [0.15, 0.2) is 0 Å². The molecular weight excluding hydrogens is 384 g/mol. The fourth-order valence-corrected chi connectivity index (χ4v) is 3.74. The highest BCUT2D eigenvalue weighted by Gasteiger charge is 2.36. The molecule has 0 aliphatic carbocycles. The topological polar surface area (TPSA) is 84.0 Å². The van der Waals surface area contributed by atoms with Crippen LogP contribution in [0.5, 0.6) is 5.75 Å². The number of amides is 3. The van der Waals surface area contributed by atoms with Crippen molar-refractivity contribution in [2.45, 2.75) is 33.1 Å². The van der Waals surface area contributed by atoms with Crippen LogP contribution < -0.4 is 14.5 Å². The van der Waals surface area contributed by atoms with E-state index in [-0.39, 0.29) is 43.5 Å². The normalized spacial score (nSPS) is 19.0. The van der Waals surface area contributed by atoms with Crippen molar-refractivity contribution >= 4 is 35.1 Å². The van der Waals surface area contributed by atoms with Gasteiger partial charge in [0.05, 0.1) is 11.6 Å². The number of imide groups is 1. The van der Waals surface area contributed by atoms with Gasteiger partial charge in [-0.05, 0) is 61.4 Å². The Kier molecular flexibility index (Phi) is 5.11. The molecule has 0 bridgehead atoms. The van der Waals surface area contributed by atoms with Crippen molar-refractivity contribution < 1.29 is 23.9 Å². The van der Waals surface area contributed by atoms with Crippen molar-refractivity contribution in [2.24, 2.45) is 5.92 Å². The van der Waals surface area contributed by atoms with E-state index in [1.165, 1.54) is 0 Å². The fraction of sp³-hybridized carbons (Fsp3) is 0.304. The first kappa shape index (κ1) is 19.8. The second kappa shape index (κ2) is 7.74. The molecule has 7 nitrogen and oxygen atoms in total. The first-order valence-electron chi connectivity index (χ1n) is 9.88. The van der Waals surface area contributed by atoms with E-state index in [1.807, 2.05) is 32.0 Å². The number of anilines is 2. The maximum absolute atomic E-state index is 12.6. The monoisotopic (exact) mass is 406 g/mol. The van der Waals surface area contributed by atoms with E-state index in [1.54, 1.807) is 29.2 Å². The van der Waals surface area contributed by atoms with Crippen LogP contribution in [0.2, 0.25) is 0 Å². The lowest BCUT2D eigenvalue weighted by Gasteiger charge is -2.18. The Bertz CT molecular complexity index is 1030. The Morgan fingerprint density at radius 3 is 2.13 bits per heavy atom. The minimum atomic E-state index is -0.555. The predicted octanol–water partition coefficient (Wildman–Crippen LogP) is 2.92. The van der Waals surface area contributed by atoms with Gasteiger partial charge >= 0.3 is 5.97 Å². The van der Waals surface area contributed by atoms with Gasteiger partial charge in [-0.2, -0.15) is 0 Å². The first-order chi connectivity index (χ1) is 14.3. The zero-order chi connectivity index (χ0) is 21.4. The smallest absolute Gasteiger partial charge is 0.316 e. The number of ether oxygens (including phenoxy) is 1. The lowest BCUT2D eigenvalue weighted by atomic mass is 10.1. The summed E-state index contributed by atoms with van der Waals surface area (Å²) in [5, 5.41) is 0. The van der Waals surface area contributed by atoms with Crippen LogP contribution in [0, 0.1) is 19.8 Å². The molecule has 154 valence electrons. The summed E-state index contributed by atoms with van der Waals surface area (Å²) in [5.41, 5.74) is 3.46. The summed E-state index contributed by atoms with van der Waals surface area (Å²) in [4.78, 5) is 51.4. The second-order valence-electron chi connectivity index (χ2n) is 7.71. The largest absolute Gasteiger partial charge is 0.426 e. The molecule has 2 aromatic rings. The van der Waals surface area contributed by atoms with Crippen molar-refractivity contribution in [3.8, 4) is 5.75 Å². The highest BCUT2D eigenvalue weighted by atomic mass is 16.5. The molecule has 2 heterocycles. The number of esters is 1. The van der Waals surface area contributed by atoms with Gasteiger partial charge in [0, 0.05) is 31.5 Å². The van der Waals surface area contributed by atoms with E-state index in [0.717, 1.165) is 21.7 Å². The Morgan fingerprint density at radius 1 is 0.867 bits per heavy atom. The first-order valence-corrected chi connectivity index (χ1v) is 9.88. The zero-order valence-electron chi connectivity index (χ0n) is 16.9. The summed E-state index contributed by atoms with van der Waals surface area (Å²) in [6, 6.07) is 12.0. The quantitative estimate of drug-likeness (QED) is 0.443. The van der Waals surface area contributed by atoms with Crippen molar-refractivity contribution in [2.75, 3.05) is 16.3 Å². The molecule has 4 rings (SSSR count). The Labute approximate surface area is 174 Å². The molecule has 3 amide bonds. The van der Waals surface area contributed by atoms with Gasteiger partial charge in [-0.1, -0.05) is 6.07 Å². The molecular formula is C23H22N2O5. The van der Waals surface area contributed by atoms with Gasteiger partial charge in [0.2, 0.25) is 17.7 Å². The standard InChI is InChI=1S/C23H22N2O5/c1-14-3-4-18(11-15(14)2)24-13-16(12-22(24)28)23(29)30-19-7-5-17(6-8-19)25-20(26)9-10-21(25)27/h3-8,11,16H,9-10,12-13H2,1-2H3/t16-/m0/s1. The molecule has 2 fully saturated rings. The SMILES string of the molecule is Cc1ccc(N2C[C@@H](C(=O)Oc3ccc(N4C(=O)CCC4=O)cc3)CC2=O)cc1C. The van der Waals surface area contributed by atoms with Gasteiger partial charge in [-0.25, -0.2) is 0 Å². The lowest BCUT2D eigenvalue weighted by molar-refractivity contribution is -0.139. The highest BCUT2D eigenvalue weighted by molar-refractivity contribution is 6.19. The van der Waals surface area contributed by atoms with E-state index in [9.17, 15) is 19.2 Å². The van der Waals surface area contributed by atoms with Gasteiger partial charge in [0.25, 0.3) is 0 Å². The third-order valence-corrected chi connectivity index (χ3v) is 5.63. The van der Waals surface area contributed by atoms with E-state index < -0.39 is 11.9 Å². The molecule has 0 unspecified atom stereocenters. The maximum atomic E-state index is 12.6. The van der Waals surface area contributed by atoms with Crippen molar-refractivity contribution in [3.05, 3.63) is 53.6 Å². The molecule has 7 heteroatoms. The number of benzene rings is 2. The Hall–Kier alpha value is -3.48. The van der Waals surface area contributed by atoms with E-state index in [0.29, 0.717) is 11.4 Å². The molecule has 2 aliphatic heterocycles. The summed E-state index contributed by atoms with van der Waals surface area (Å²) in [6.07, 6.45) is 0.519. The number of hydrogen-bond donors (Lipinski definition) is 0. The molecule has 30 heavy (non-hydrogen) atoms. The van der Waals surface area contributed by atoms with Crippen molar-refractivity contribution in [3.63, 3.8) is 0 Å². The van der Waals surface area contributed by atoms with Gasteiger partial charge < -0.3 is 9.64 Å².